The van der Waals surface area contributed by atoms with Gasteiger partial charge < -0.3 is 0 Å². The Kier molecular flexibility index (Phi) is 5.76. The summed E-state index contributed by atoms with van der Waals surface area (Å²) in [6.45, 7) is 4.12. The van der Waals surface area contributed by atoms with Gasteiger partial charge in [-0.3, -0.25) is 0 Å². The second-order valence-corrected chi connectivity index (χ2v) is 11.4. The molecule has 0 unspecified atom stereocenters. The van der Waals surface area contributed by atoms with E-state index in [1.165, 1.54) is 25.6 Å². The van der Waals surface area contributed by atoms with E-state index in [-0.39, 0.29) is 0 Å². The van der Waals surface area contributed by atoms with Gasteiger partial charge >= 0.3 is 156 Å². The van der Waals surface area contributed by atoms with E-state index in [0.717, 1.165) is 11.1 Å². The fourth-order valence-corrected chi connectivity index (χ4v) is 6.12. The van der Waals surface area contributed by atoms with E-state index in [0.29, 0.717) is 0 Å². The monoisotopic (exact) mass is 396 g/mol. The van der Waals surface area contributed by atoms with Crippen molar-refractivity contribution < 1.29 is 14.4 Å². The summed E-state index contributed by atoms with van der Waals surface area (Å²) in [4.78, 5) is 0. The molecule has 0 spiro atoms. The van der Waals surface area contributed by atoms with Crippen molar-refractivity contribution in [2.45, 2.75) is 19.9 Å². The summed E-state index contributed by atoms with van der Waals surface area (Å²) in [5, 5.41) is 0. The molecule has 2 aromatic rings. The molecule has 0 fully saturated rings. The van der Waals surface area contributed by atoms with Crippen LogP contribution in [-0.4, -0.2) is 0 Å². The molecule has 0 aliphatic heterocycles. The van der Waals surface area contributed by atoms with Gasteiger partial charge in [0.05, 0.1) is 0 Å². The van der Waals surface area contributed by atoms with Crippen LogP contribution in [0.4, 0.5) is 0 Å². The van der Waals surface area contributed by atoms with E-state index >= 15 is 0 Å². The number of benzene rings is 2. The first-order valence-corrected chi connectivity index (χ1v) is 9.13. The van der Waals surface area contributed by atoms with Crippen molar-refractivity contribution in [1.82, 2.24) is 0 Å². The van der Waals surface area contributed by atoms with Crippen LogP contribution in [0, 0.1) is 13.8 Å². The third-order valence-electron chi connectivity index (χ3n) is 3.02. The molecule has 2 rings (SSSR count). The quantitative estimate of drug-likeness (QED) is 0.311. The first-order chi connectivity index (χ1) is 9.71. The third kappa shape index (κ3) is 4.65. The summed E-state index contributed by atoms with van der Waals surface area (Å²) in [7, 11) is 0. The van der Waals surface area contributed by atoms with Gasteiger partial charge in [-0.15, -0.1) is 0 Å². The molecule has 0 atom stereocenters. The number of hydrogen-bond donors (Lipinski definition) is 4. The fourth-order valence-electron chi connectivity index (χ4n) is 1.76. The maximum atomic E-state index is 4.71. The Morgan fingerprint density at radius 2 is 0.905 bits per heavy atom. The number of thiol groups is 4. The minimum absolute atomic E-state index is 0.658. The van der Waals surface area contributed by atoms with Gasteiger partial charge in [-0.25, -0.2) is 0 Å². The summed E-state index contributed by atoms with van der Waals surface area (Å²) in [5.41, 5.74) is 4.48. The van der Waals surface area contributed by atoms with Crippen LogP contribution in [0.3, 0.4) is 0 Å². The molecule has 0 bridgehead atoms. The Bertz CT molecular complexity index is 548. The Morgan fingerprint density at radius 3 is 1.19 bits per heavy atom. The molecule has 0 heterocycles. The molecule has 0 saturated heterocycles. The van der Waals surface area contributed by atoms with Crippen molar-refractivity contribution >= 4 is 50.5 Å². The van der Waals surface area contributed by atoms with E-state index in [2.05, 4.69) is 38.1 Å². The average Bonchev–Trinajstić information content (AvgIpc) is 2.38. The zero-order chi connectivity index (χ0) is 15.7. The number of rotatable bonds is 4. The second kappa shape index (κ2) is 6.84. The van der Waals surface area contributed by atoms with Crippen molar-refractivity contribution in [1.29, 1.82) is 0 Å². The van der Waals surface area contributed by atoms with Crippen LogP contribution in [-0.2, 0) is 20.5 Å². The van der Waals surface area contributed by atoms with Crippen molar-refractivity contribution in [3.05, 3.63) is 70.8 Å². The minimum atomic E-state index is -0.658. The van der Waals surface area contributed by atoms with Gasteiger partial charge in [0.15, 0.2) is 0 Å². The summed E-state index contributed by atoms with van der Waals surface area (Å²) >= 11 is 20.1. The third-order valence-corrected chi connectivity index (χ3v) is 6.48. The van der Waals surface area contributed by atoms with E-state index < -0.39 is 6.10 Å². The molecule has 0 aliphatic carbocycles. The molecule has 0 amide bonds. The van der Waals surface area contributed by atoms with Gasteiger partial charge in [0.25, 0.3) is 0 Å². The van der Waals surface area contributed by atoms with E-state index in [1.54, 1.807) is 0 Å². The SMILES string of the molecule is Cc1ccc([C](S)(S)[Ni][C](S)(S)c2ccc(C)cc2)cc1. The summed E-state index contributed by atoms with van der Waals surface area (Å²) in [5.74, 6) is 0. The molecule has 0 saturated carbocycles. The Labute approximate surface area is 155 Å². The predicted molar refractivity (Wildman–Crippen MR) is 102 cm³/mol. The van der Waals surface area contributed by atoms with E-state index in [1.807, 2.05) is 24.3 Å². The van der Waals surface area contributed by atoms with Crippen LogP contribution in [0.25, 0.3) is 0 Å². The molecule has 0 aromatic heterocycles. The first-order valence-electron chi connectivity index (χ1n) is 6.35. The molecule has 0 radical (unpaired) electrons. The molecular formula is C16H18NiS4. The van der Waals surface area contributed by atoms with Gasteiger partial charge in [0, 0.05) is 0 Å². The van der Waals surface area contributed by atoms with E-state index in [4.69, 9.17) is 50.5 Å². The van der Waals surface area contributed by atoms with Crippen molar-refractivity contribution in [2.24, 2.45) is 0 Å². The molecule has 0 N–H and O–H groups in total. The normalized spacial score (nSPS) is 12.7. The van der Waals surface area contributed by atoms with Crippen LogP contribution >= 0.6 is 50.5 Å². The van der Waals surface area contributed by atoms with Crippen molar-refractivity contribution in [3.8, 4) is 0 Å². The van der Waals surface area contributed by atoms with Gasteiger partial charge in [-0.05, 0) is 0 Å². The van der Waals surface area contributed by atoms with Gasteiger partial charge in [0.1, 0.15) is 0 Å². The van der Waals surface area contributed by atoms with Gasteiger partial charge in [-0.1, -0.05) is 0 Å². The zero-order valence-corrected chi connectivity index (χ0v) is 16.3. The Morgan fingerprint density at radius 1 is 0.619 bits per heavy atom. The number of hydrogen-bond acceptors (Lipinski definition) is 4. The van der Waals surface area contributed by atoms with Gasteiger partial charge in [-0.2, -0.15) is 0 Å². The molecule has 0 nitrogen and oxygen atoms in total. The average molecular weight is 397 g/mol. The molecule has 2 aromatic carbocycles. The van der Waals surface area contributed by atoms with Crippen LogP contribution in [0.1, 0.15) is 22.3 Å². The second-order valence-electron chi connectivity index (χ2n) is 4.90. The van der Waals surface area contributed by atoms with Crippen molar-refractivity contribution in [3.63, 3.8) is 0 Å². The van der Waals surface area contributed by atoms with Crippen LogP contribution in [0.2, 0.25) is 0 Å². The molecule has 116 valence electrons. The molecule has 21 heavy (non-hydrogen) atoms. The zero-order valence-electron chi connectivity index (χ0n) is 11.7. The van der Waals surface area contributed by atoms with Crippen LogP contribution < -0.4 is 0 Å². The molecule has 0 aliphatic rings. The summed E-state index contributed by atoms with van der Waals surface area (Å²) in [6, 6.07) is 16.4. The van der Waals surface area contributed by atoms with E-state index in [9.17, 15) is 0 Å². The maximum absolute atomic E-state index is 4.71. The first kappa shape index (κ1) is 17.7. The Balaban J connectivity index is 2.25. The predicted octanol–water partition coefficient (Wildman–Crippen LogP) is 5.03. The van der Waals surface area contributed by atoms with Crippen LogP contribution in [0.15, 0.2) is 48.5 Å². The van der Waals surface area contributed by atoms with Gasteiger partial charge in [0.2, 0.25) is 0 Å². The Hall–Kier alpha value is 0.334. The molecule has 5 heteroatoms. The number of aryl methyl sites for hydroxylation is 2. The standard InChI is InChI=1S/2C8H9S2.Ni/c2*1-6-2-4-7(5-3-6)8(9)10;/h2*2-5,9-10H,1H3;. The summed E-state index contributed by atoms with van der Waals surface area (Å²) < 4.78 is -1.32. The summed E-state index contributed by atoms with van der Waals surface area (Å²) in [6.07, 6.45) is 0. The van der Waals surface area contributed by atoms with Crippen molar-refractivity contribution in [2.75, 3.05) is 0 Å². The fraction of sp³-hybridized carbons (Fsp3) is 0.250. The van der Waals surface area contributed by atoms with Crippen LogP contribution in [0.5, 0.6) is 0 Å². The molecular weight excluding hydrogens is 379 g/mol. The topological polar surface area (TPSA) is 0 Å².